The van der Waals surface area contributed by atoms with Crippen molar-refractivity contribution in [3.8, 4) is 11.5 Å². The quantitative estimate of drug-likeness (QED) is 0.477. The van der Waals surface area contributed by atoms with Crippen molar-refractivity contribution < 1.29 is 32.2 Å². The lowest BCUT2D eigenvalue weighted by Gasteiger charge is -2.26. The number of hydrogen-bond donors (Lipinski definition) is 1. The maximum atomic E-state index is 12.8. The highest BCUT2D eigenvalue weighted by atomic mass is 32.2. The van der Waals surface area contributed by atoms with Crippen molar-refractivity contribution in [1.29, 1.82) is 0 Å². The predicted octanol–water partition coefficient (Wildman–Crippen LogP) is 3.30. The summed E-state index contributed by atoms with van der Waals surface area (Å²) in [5, 5.41) is 2.64. The van der Waals surface area contributed by atoms with E-state index < -0.39 is 28.5 Å². The van der Waals surface area contributed by atoms with E-state index in [-0.39, 0.29) is 23.5 Å². The molecule has 3 aromatic rings. The number of nitrogens with one attached hydrogen (secondary N) is 1. The molecule has 0 bridgehead atoms. The van der Waals surface area contributed by atoms with E-state index in [0.717, 1.165) is 0 Å². The number of esters is 1. The molecule has 4 rings (SSSR count). The lowest BCUT2D eigenvalue weighted by molar-refractivity contribution is -0.119. The Morgan fingerprint density at radius 2 is 1.60 bits per heavy atom. The minimum absolute atomic E-state index is 0.0199. The Hall–Kier alpha value is -3.73. The number of para-hydroxylation sites is 1. The fourth-order valence-corrected chi connectivity index (χ4v) is 4.85. The number of rotatable bonds is 8. The molecule has 10 heteroatoms. The molecule has 182 valence electrons. The summed E-state index contributed by atoms with van der Waals surface area (Å²) in [6.07, 6.45) is 0. The summed E-state index contributed by atoms with van der Waals surface area (Å²) >= 11 is 0. The van der Waals surface area contributed by atoms with Crippen LogP contribution in [0.15, 0.2) is 83.8 Å². The highest BCUT2D eigenvalue weighted by Gasteiger charge is 2.27. The van der Waals surface area contributed by atoms with Gasteiger partial charge in [-0.15, -0.1) is 0 Å². The number of anilines is 1. The zero-order valence-corrected chi connectivity index (χ0v) is 19.6. The Kier molecular flexibility index (Phi) is 7.76. The molecule has 35 heavy (non-hydrogen) atoms. The number of sulfonamides is 1. The van der Waals surface area contributed by atoms with Gasteiger partial charge in [-0.05, 0) is 42.5 Å². The number of ether oxygens (including phenoxy) is 3. The van der Waals surface area contributed by atoms with Gasteiger partial charge >= 0.3 is 5.97 Å². The van der Waals surface area contributed by atoms with Gasteiger partial charge in [0, 0.05) is 24.8 Å². The molecule has 3 aromatic carbocycles. The summed E-state index contributed by atoms with van der Waals surface area (Å²) < 4.78 is 43.0. The van der Waals surface area contributed by atoms with E-state index in [1.54, 1.807) is 24.3 Å². The van der Waals surface area contributed by atoms with Gasteiger partial charge in [0.15, 0.2) is 6.61 Å². The van der Waals surface area contributed by atoms with Crippen molar-refractivity contribution in [2.45, 2.75) is 4.90 Å². The Labute approximate surface area is 203 Å². The van der Waals surface area contributed by atoms with E-state index >= 15 is 0 Å². The molecule has 1 saturated heterocycles. The molecule has 1 amide bonds. The number of morpholine rings is 1. The maximum absolute atomic E-state index is 12.8. The number of carbonyl (C=O) groups excluding carboxylic acids is 2. The van der Waals surface area contributed by atoms with Crippen LogP contribution in [0, 0.1) is 0 Å². The first-order valence-electron chi connectivity index (χ1n) is 10.9. The van der Waals surface area contributed by atoms with Crippen LogP contribution in [0.3, 0.4) is 0 Å². The normalized spacial score (nSPS) is 14.2. The lowest BCUT2D eigenvalue weighted by atomic mass is 10.2. The predicted molar refractivity (Wildman–Crippen MR) is 128 cm³/mol. The Morgan fingerprint density at radius 1 is 0.886 bits per heavy atom. The zero-order chi connectivity index (χ0) is 24.7. The van der Waals surface area contributed by atoms with E-state index in [2.05, 4.69) is 5.32 Å². The van der Waals surface area contributed by atoms with Crippen LogP contribution in [0.4, 0.5) is 5.69 Å². The first-order chi connectivity index (χ1) is 16.9. The standard InChI is InChI=1S/C25H24N2O7S/c28-24(26-20-7-5-10-22(17-20)34-21-8-2-1-3-9-21)18-33-25(29)19-6-4-11-23(16-19)35(30,31)27-12-14-32-15-13-27/h1-11,16-17H,12-15,18H2,(H,26,28). The van der Waals surface area contributed by atoms with Crippen LogP contribution < -0.4 is 10.1 Å². The van der Waals surface area contributed by atoms with Crippen molar-refractivity contribution in [3.63, 3.8) is 0 Å². The molecule has 0 saturated carbocycles. The number of carbonyl (C=O) groups is 2. The molecule has 1 aliphatic heterocycles. The largest absolute Gasteiger partial charge is 0.457 e. The average molecular weight is 497 g/mol. The van der Waals surface area contributed by atoms with Crippen LogP contribution in [0.25, 0.3) is 0 Å². The zero-order valence-electron chi connectivity index (χ0n) is 18.8. The van der Waals surface area contributed by atoms with Crippen molar-refractivity contribution in [2.24, 2.45) is 0 Å². The molecule has 0 aliphatic carbocycles. The lowest BCUT2D eigenvalue weighted by Crippen LogP contribution is -2.40. The Balaban J connectivity index is 1.34. The van der Waals surface area contributed by atoms with Gasteiger partial charge in [-0.2, -0.15) is 4.31 Å². The minimum Gasteiger partial charge on any atom is -0.457 e. The third kappa shape index (κ3) is 6.44. The van der Waals surface area contributed by atoms with E-state index in [4.69, 9.17) is 14.2 Å². The van der Waals surface area contributed by atoms with Gasteiger partial charge in [0.25, 0.3) is 5.91 Å². The van der Waals surface area contributed by atoms with Crippen molar-refractivity contribution in [1.82, 2.24) is 4.31 Å². The van der Waals surface area contributed by atoms with Gasteiger partial charge in [-0.1, -0.05) is 30.3 Å². The first kappa shape index (κ1) is 24.4. The molecule has 1 aliphatic rings. The molecule has 9 nitrogen and oxygen atoms in total. The molecule has 1 heterocycles. The molecule has 0 radical (unpaired) electrons. The summed E-state index contributed by atoms with van der Waals surface area (Å²) in [6.45, 7) is 0.585. The number of benzene rings is 3. The highest BCUT2D eigenvalue weighted by molar-refractivity contribution is 7.89. The van der Waals surface area contributed by atoms with Crippen LogP contribution in [0.5, 0.6) is 11.5 Å². The van der Waals surface area contributed by atoms with Crippen molar-refractivity contribution in [3.05, 3.63) is 84.4 Å². The highest BCUT2D eigenvalue weighted by Crippen LogP contribution is 2.24. The molecule has 1 N–H and O–H groups in total. The fraction of sp³-hybridized carbons (Fsp3) is 0.200. The van der Waals surface area contributed by atoms with Crippen LogP contribution in [-0.4, -0.2) is 57.5 Å². The van der Waals surface area contributed by atoms with E-state index in [1.807, 2.05) is 30.3 Å². The second-order valence-electron chi connectivity index (χ2n) is 7.61. The maximum Gasteiger partial charge on any atom is 0.338 e. The number of nitrogens with zero attached hydrogens (tertiary/aromatic N) is 1. The third-order valence-electron chi connectivity index (χ3n) is 5.11. The number of hydrogen-bond acceptors (Lipinski definition) is 7. The van der Waals surface area contributed by atoms with Gasteiger partial charge in [0.1, 0.15) is 11.5 Å². The van der Waals surface area contributed by atoms with Gasteiger partial charge < -0.3 is 19.5 Å². The molecule has 0 unspecified atom stereocenters. The van der Waals surface area contributed by atoms with Crippen LogP contribution in [-0.2, 0) is 24.3 Å². The topological polar surface area (TPSA) is 111 Å². The van der Waals surface area contributed by atoms with E-state index in [0.29, 0.717) is 30.4 Å². The number of amides is 1. The SMILES string of the molecule is O=C(COC(=O)c1cccc(S(=O)(=O)N2CCOCC2)c1)Nc1cccc(Oc2ccccc2)c1. The summed E-state index contributed by atoms with van der Waals surface area (Å²) in [5.41, 5.74) is 0.503. The summed E-state index contributed by atoms with van der Waals surface area (Å²) in [4.78, 5) is 24.8. The van der Waals surface area contributed by atoms with Crippen LogP contribution in [0.2, 0.25) is 0 Å². The second-order valence-corrected chi connectivity index (χ2v) is 9.55. The monoisotopic (exact) mass is 496 g/mol. The first-order valence-corrected chi connectivity index (χ1v) is 12.3. The van der Waals surface area contributed by atoms with Crippen LogP contribution in [0.1, 0.15) is 10.4 Å². The van der Waals surface area contributed by atoms with Crippen LogP contribution >= 0.6 is 0 Å². The van der Waals surface area contributed by atoms with E-state index in [9.17, 15) is 18.0 Å². The van der Waals surface area contributed by atoms with E-state index in [1.165, 1.54) is 28.6 Å². The summed E-state index contributed by atoms with van der Waals surface area (Å²) in [5.74, 6) is -0.167. The molecule has 1 fully saturated rings. The van der Waals surface area contributed by atoms with Crippen molar-refractivity contribution in [2.75, 3.05) is 38.2 Å². The van der Waals surface area contributed by atoms with Crippen molar-refractivity contribution >= 4 is 27.6 Å². The third-order valence-corrected chi connectivity index (χ3v) is 7.00. The van der Waals surface area contributed by atoms with Gasteiger partial charge in [0.05, 0.1) is 23.7 Å². The summed E-state index contributed by atoms with van der Waals surface area (Å²) in [6, 6.07) is 21.6. The Bertz CT molecular complexity index is 1290. The van der Waals surface area contributed by atoms with Gasteiger partial charge in [0.2, 0.25) is 10.0 Å². The molecule has 0 spiro atoms. The van der Waals surface area contributed by atoms with Gasteiger partial charge in [-0.25, -0.2) is 13.2 Å². The smallest absolute Gasteiger partial charge is 0.338 e. The summed E-state index contributed by atoms with van der Waals surface area (Å²) in [7, 11) is -3.76. The molecule has 0 atom stereocenters. The van der Waals surface area contributed by atoms with Gasteiger partial charge in [-0.3, -0.25) is 4.79 Å². The average Bonchev–Trinajstić information content (AvgIpc) is 2.89. The second kappa shape index (κ2) is 11.1. The fourth-order valence-electron chi connectivity index (χ4n) is 3.39. The minimum atomic E-state index is -3.76. The molecular weight excluding hydrogens is 472 g/mol. The Morgan fingerprint density at radius 3 is 2.37 bits per heavy atom. The molecular formula is C25H24N2O7S. The molecule has 0 aromatic heterocycles.